The second-order valence-corrected chi connectivity index (χ2v) is 7.91. The predicted molar refractivity (Wildman–Crippen MR) is 83.3 cm³/mol. The maximum absolute atomic E-state index is 5.78. The Labute approximate surface area is 131 Å². The van der Waals surface area contributed by atoms with Crippen LogP contribution in [0, 0.1) is 11.3 Å². The fourth-order valence-electron chi connectivity index (χ4n) is 2.64. The Balaban J connectivity index is 1.92. The molecule has 0 aromatic heterocycles. The minimum absolute atomic E-state index is 0.369. The van der Waals surface area contributed by atoms with Gasteiger partial charge >= 0.3 is 0 Å². The van der Waals surface area contributed by atoms with E-state index in [1.165, 1.54) is 12.0 Å². The van der Waals surface area contributed by atoms with E-state index in [4.69, 9.17) is 9.47 Å². The molecule has 1 heterocycles. The number of benzene rings is 1. The molecule has 0 saturated heterocycles. The monoisotopic (exact) mass is 388 g/mol. The maximum Gasteiger partial charge on any atom is 0.162 e. The molecule has 0 bridgehead atoms. The molecule has 3 rings (SSSR count). The Bertz CT molecular complexity index is 499. The van der Waals surface area contributed by atoms with Gasteiger partial charge in [-0.15, -0.1) is 0 Å². The number of halogens is 2. The first-order valence-corrected chi connectivity index (χ1v) is 8.43. The van der Waals surface area contributed by atoms with E-state index in [1.807, 2.05) is 6.07 Å². The average molecular weight is 390 g/mol. The van der Waals surface area contributed by atoms with Gasteiger partial charge in [0.25, 0.3) is 0 Å². The van der Waals surface area contributed by atoms with Crippen LogP contribution in [0.1, 0.15) is 37.1 Å². The summed E-state index contributed by atoms with van der Waals surface area (Å²) < 4.78 is 12.6. The van der Waals surface area contributed by atoms with E-state index in [1.54, 1.807) is 0 Å². The van der Waals surface area contributed by atoms with Gasteiger partial charge in [0, 0.05) is 15.7 Å². The molecule has 104 valence electrons. The van der Waals surface area contributed by atoms with Gasteiger partial charge in [-0.2, -0.15) is 0 Å². The molecule has 19 heavy (non-hydrogen) atoms. The number of alkyl halides is 1. The molecule has 1 saturated carbocycles. The van der Waals surface area contributed by atoms with Crippen LogP contribution in [0.4, 0.5) is 0 Å². The molecule has 1 fully saturated rings. The average Bonchev–Trinajstić information content (AvgIpc) is 3.04. The Morgan fingerprint density at radius 3 is 2.37 bits per heavy atom. The number of hydrogen-bond acceptors (Lipinski definition) is 2. The van der Waals surface area contributed by atoms with Gasteiger partial charge < -0.3 is 9.47 Å². The zero-order valence-corrected chi connectivity index (χ0v) is 14.4. The van der Waals surface area contributed by atoms with Gasteiger partial charge in [0.1, 0.15) is 0 Å². The van der Waals surface area contributed by atoms with Gasteiger partial charge in [-0.05, 0) is 35.4 Å². The second-order valence-electron chi connectivity index (χ2n) is 6.07. The molecule has 1 aromatic carbocycles. The van der Waals surface area contributed by atoms with Crippen LogP contribution in [0.2, 0.25) is 0 Å². The van der Waals surface area contributed by atoms with Crippen LogP contribution in [0.15, 0.2) is 16.6 Å². The van der Waals surface area contributed by atoms with Crippen molar-refractivity contribution < 1.29 is 9.47 Å². The first kappa shape index (κ1) is 13.7. The molecule has 2 unspecified atom stereocenters. The van der Waals surface area contributed by atoms with Crippen LogP contribution in [0.3, 0.4) is 0 Å². The molecule has 2 atom stereocenters. The quantitative estimate of drug-likeness (QED) is 0.655. The summed E-state index contributed by atoms with van der Waals surface area (Å²) in [5.41, 5.74) is 1.71. The lowest BCUT2D eigenvalue weighted by Crippen LogP contribution is -2.01. The molecular formula is C15H18Br2O2. The fraction of sp³-hybridized carbons (Fsp3) is 0.600. The number of rotatable bonds is 2. The lowest BCUT2D eigenvalue weighted by Gasteiger charge is -2.17. The molecule has 4 heteroatoms. The highest BCUT2D eigenvalue weighted by molar-refractivity contribution is 9.11. The third-order valence-electron chi connectivity index (χ3n) is 4.11. The normalized spacial score (nSPS) is 25.6. The summed E-state index contributed by atoms with van der Waals surface area (Å²) in [5, 5.41) is 0. The molecule has 2 aliphatic rings. The summed E-state index contributed by atoms with van der Waals surface area (Å²) in [6, 6.07) is 4.16. The van der Waals surface area contributed by atoms with Crippen molar-refractivity contribution in [3.05, 3.63) is 22.2 Å². The highest BCUT2D eigenvalue weighted by Crippen LogP contribution is 2.61. The van der Waals surface area contributed by atoms with E-state index in [-0.39, 0.29) is 0 Å². The smallest absolute Gasteiger partial charge is 0.162 e. The molecule has 0 amide bonds. The number of hydrogen-bond donors (Lipinski definition) is 0. The summed E-state index contributed by atoms with van der Waals surface area (Å²) in [7, 11) is 0. The minimum atomic E-state index is 0.369. The first-order valence-electron chi connectivity index (χ1n) is 6.72. The third kappa shape index (κ3) is 2.66. The van der Waals surface area contributed by atoms with E-state index < -0.39 is 0 Å². The van der Waals surface area contributed by atoms with Gasteiger partial charge in [0.15, 0.2) is 11.5 Å². The van der Waals surface area contributed by atoms with Crippen LogP contribution >= 0.6 is 31.9 Å². The summed E-state index contributed by atoms with van der Waals surface area (Å²) >= 11 is 7.53. The Morgan fingerprint density at radius 1 is 1.21 bits per heavy atom. The summed E-state index contributed by atoms with van der Waals surface area (Å²) in [6.07, 6.45) is 2.21. The van der Waals surface area contributed by atoms with Crippen molar-refractivity contribution in [2.75, 3.05) is 13.2 Å². The molecule has 0 radical (unpaired) electrons. The SMILES string of the molecule is CC1(C)CC1C(Br)c1cc2c(cc1Br)OCCCO2. The first-order chi connectivity index (χ1) is 8.99. The Kier molecular flexibility index (Phi) is 3.59. The van der Waals surface area contributed by atoms with Crippen molar-refractivity contribution in [2.24, 2.45) is 11.3 Å². The van der Waals surface area contributed by atoms with Crippen LogP contribution in [-0.2, 0) is 0 Å². The zero-order valence-electron chi connectivity index (χ0n) is 11.2. The Hall–Kier alpha value is -0.220. The predicted octanol–water partition coefficient (Wildman–Crippen LogP) is 5.09. The van der Waals surface area contributed by atoms with E-state index >= 15 is 0 Å². The van der Waals surface area contributed by atoms with Gasteiger partial charge in [0.05, 0.1) is 13.2 Å². The van der Waals surface area contributed by atoms with Gasteiger partial charge in [-0.25, -0.2) is 0 Å². The molecule has 0 spiro atoms. The van der Waals surface area contributed by atoms with Gasteiger partial charge in [-0.1, -0.05) is 45.7 Å². The third-order valence-corrected chi connectivity index (χ3v) is 5.93. The number of fused-ring (bicyclic) bond motifs is 1. The van der Waals surface area contributed by atoms with E-state index in [0.29, 0.717) is 16.2 Å². The van der Waals surface area contributed by atoms with E-state index in [0.717, 1.165) is 35.6 Å². The van der Waals surface area contributed by atoms with E-state index in [9.17, 15) is 0 Å². The van der Waals surface area contributed by atoms with Crippen LogP contribution in [0.5, 0.6) is 11.5 Å². The minimum Gasteiger partial charge on any atom is -0.490 e. The fourth-order valence-corrected chi connectivity index (χ4v) is 4.79. The van der Waals surface area contributed by atoms with Crippen molar-refractivity contribution in [1.29, 1.82) is 0 Å². The maximum atomic E-state index is 5.78. The highest BCUT2D eigenvalue weighted by Gasteiger charge is 2.50. The summed E-state index contributed by atoms with van der Waals surface area (Å²) in [5.74, 6) is 2.41. The lowest BCUT2D eigenvalue weighted by molar-refractivity contribution is 0.297. The summed E-state index contributed by atoms with van der Waals surface area (Å²) in [4.78, 5) is 0.369. The van der Waals surface area contributed by atoms with Crippen LogP contribution < -0.4 is 9.47 Å². The van der Waals surface area contributed by atoms with Crippen LogP contribution in [0.25, 0.3) is 0 Å². The van der Waals surface area contributed by atoms with Crippen molar-refractivity contribution in [3.63, 3.8) is 0 Å². The Morgan fingerprint density at radius 2 is 1.79 bits per heavy atom. The van der Waals surface area contributed by atoms with Crippen molar-refractivity contribution in [1.82, 2.24) is 0 Å². The second kappa shape index (κ2) is 4.96. The molecule has 2 nitrogen and oxygen atoms in total. The zero-order chi connectivity index (χ0) is 13.6. The van der Waals surface area contributed by atoms with Crippen molar-refractivity contribution in [3.8, 4) is 11.5 Å². The van der Waals surface area contributed by atoms with Gasteiger partial charge in [-0.3, -0.25) is 0 Å². The molecule has 1 aliphatic carbocycles. The standard InChI is InChI=1S/C15H18Br2O2/c1-15(2)8-10(15)14(17)9-6-12-13(7-11(9)16)19-5-3-4-18-12/h6-7,10,14H,3-5,8H2,1-2H3. The van der Waals surface area contributed by atoms with Gasteiger partial charge in [0.2, 0.25) is 0 Å². The number of ether oxygens (including phenoxy) is 2. The molecule has 1 aromatic rings. The molecule has 1 aliphatic heterocycles. The van der Waals surface area contributed by atoms with Crippen LogP contribution in [-0.4, -0.2) is 13.2 Å². The van der Waals surface area contributed by atoms with Crippen molar-refractivity contribution in [2.45, 2.75) is 31.5 Å². The van der Waals surface area contributed by atoms with E-state index in [2.05, 4.69) is 51.8 Å². The highest BCUT2D eigenvalue weighted by atomic mass is 79.9. The topological polar surface area (TPSA) is 18.5 Å². The molecule has 0 N–H and O–H groups in total. The summed E-state index contributed by atoms with van der Waals surface area (Å²) in [6.45, 7) is 6.11. The lowest BCUT2D eigenvalue weighted by atomic mass is 10.0. The molecular weight excluding hydrogens is 372 g/mol. The van der Waals surface area contributed by atoms with Crippen molar-refractivity contribution >= 4 is 31.9 Å². The largest absolute Gasteiger partial charge is 0.490 e.